The molecule has 2 aromatic rings. The predicted octanol–water partition coefficient (Wildman–Crippen LogP) is 4.60. The first-order valence-corrected chi connectivity index (χ1v) is 9.32. The van der Waals surface area contributed by atoms with Crippen LogP contribution in [-0.2, 0) is 16.8 Å². The van der Waals surface area contributed by atoms with Crippen molar-refractivity contribution >= 4 is 0 Å². The van der Waals surface area contributed by atoms with Crippen molar-refractivity contribution in [1.29, 1.82) is 0 Å². The summed E-state index contributed by atoms with van der Waals surface area (Å²) in [7, 11) is 0. The van der Waals surface area contributed by atoms with E-state index < -0.39 is 11.2 Å². The Hall–Kier alpha value is -2.43. The van der Waals surface area contributed by atoms with Gasteiger partial charge in [0.25, 0.3) is 0 Å². The second-order valence-electron chi connectivity index (χ2n) is 7.47. The normalized spacial score (nSPS) is 23.1. The van der Waals surface area contributed by atoms with Crippen LogP contribution in [0.5, 0.6) is 5.75 Å². The molecular formula is C21H24O5. The highest BCUT2D eigenvalue weighted by atomic mass is 16.5. The number of aromatic hydroxyl groups is 1. The van der Waals surface area contributed by atoms with Gasteiger partial charge in [-0.3, -0.25) is 0 Å². The van der Waals surface area contributed by atoms with Crippen LogP contribution in [0.4, 0.5) is 0 Å². The molecule has 0 aromatic carbocycles. The summed E-state index contributed by atoms with van der Waals surface area (Å²) in [4.78, 5) is 12.8. The van der Waals surface area contributed by atoms with E-state index in [1.165, 1.54) is 0 Å². The number of furan rings is 1. The van der Waals surface area contributed by atoms with Gasteiger partial charge < -0.3 is 18.7 Å². The van der Waals surface area contributed by atoms with E-state index in [2.05, 4.69) is 0 Å². The van der Waals surface area contributed by atoms with Crippen LogP contribution < -0.4 is 5.63 Å². The monoisotopic (exact) mass is 356 g/mol. The van der Waals surface area contributed by atoms with Crippen LogP contribution >= 0.6 is 0 Å². The quantitative estimate of drug-likeness (QED) is 0.784. The molecule has 0 saturated heterocycles. The van der Waals surface area contributed by atoms with Crippen molar-refractivity contribution in [3.8, 4) is 5.75 Å². The van der Waals surface area contributed by atoms with Gasteiger partial charge in [-0.05, 0) is 42.9 Å². The maximum atomic E-state index is 12.8. The summed E-state index contributed by atoms with van der Waals surface area (Å²) in [6.45, 7) is 2.04. The lowest BCUT2D eigenvalue weighted by Gasteiger charge is -2.29. The highest BCUT2D eigenvalue weighted by Gasteiger charge is 2.45. The molecule has 1 aliphatic carbocycles. The molecule has 1 N–H and O–H groups in total. The Labute approximate surface area is 152 Å². The molecule has 1 saturated carbocycles. The van der Waals surface area contributed by atoms with Crippen molar-refractivity contribution in [2.24, 2.45) is 5.92 Å². The molecule has 4 rings (SSSR count). The third kappa shape index (κ3) is 3.18. The molecule has 0 spiro atoms. The highest BCUT2D eigenvalue weighted by molar-refractivity contribution is 5.38. The van der Waals surface area contributed by atoms with Gasteiger partial charge in [-0.2, -0.15) is 0 Å². The van der Waals surface area contributed by atoms with E-state index in [0.717, 1.165) is 31.2 Å². The third-order valence-corrected chi connectivity index (χ3v) is 5.52. The lowest BCUT2D eigenvalue weighted by atomic mass is 9.85. The van der Waals surface area contributed by atoms with Gasteiger partial charge in [-0.25, -0.2) is 4.79 Å². The van der Waals surface area contributed by atoms with Gasteiger partial charge in [0.15, 0.2) is 0 Å². The summed E-state index contributed by atoms with van der Waals surface area (Å²) in [5.74, 6) is 1.04. The Morgan fingerprint density at radius 3 is 2.81 bits per heavy atom. The molecule has 2 aliphatic rings. The topological polar surface area (TPSA) is 72.8 Å². The minimum absolute atomic E-state index is 0.00209. The van der Waals surface area contributed by atoms with Crippen molar-refractivity contribution in [3.05, 3.63) is 64.3 Å². The maximum absolute atomic E-state index is 12.8. The van der Waals surface area contributed by atoms with Gasteiger partial charge in [0, 0.05) is 18.4 Å². The summed E-state index contributed by atoms with van der Waals surface area (Å²) in [6.07, 6.45) is 12.0. The zero-order valence-electron chi connectivity index (χ0n) is 14.9. The lowest BCUT2D eigenvalue weighted by Crippen LogP contribution is -2.32. The largest absolute Gasteiger partial charge is 0.507 e. The van der Waals surface area contributed by atoms with Crippen LogP contribution in [-0.4, -0.2) is 5.11 Å². The van der Waals surface area contributed by atoms with Crippen LogP contribution in [0.1, 0.15) is 61.8 Å². The van der Waals surface area contributed by atoms with E-state index in [1.807, 2.05) is 19.1 Å². The second kappa shape index (κ2) is 6.71. The van der Waals surface area contributed by atoms with Gasteiger partial charge in [0.2, 0.25) is 0 Å². The Kier molecular flexibility index (Phi) is 4.39. The van der Waals surface area contributed by atoms with Gasteiger partial charge in [-0.1, -0.05) is 19.8 Å². The standard InChI is InChI=1S/C21H24O5/c1-2-16(10-15-6-9-24-13-15)18-11-17(22)19(20(23)26-18)21(7-3-8-25-21)12-14-4-5-14/h3,6,8-9,11,13-14,16,22H,2,4-5,7,10,12H2,1H3. The van der Waals surface area contributed by atoms with Crippen molar-refractivity contribution in [2.45, 2.75) is 57.0 Å². The molecule has 5 nitrogen and oxygen atoms in total. The molecule has 5 heteroatoms. The Morgan fingerprint density at radius 1 is 1.38 bits per heavy atom. The first-order chi connectivity index (χ1) is 12.6. The smallest absolute Gasteiger partial charge is 0.347 e. The number of rotatable bonds is 7. The zero-order chi connectivity index (χ0) is 18.1. The Bertz CT molecular complexity index is 834. The van der Waals surface area contributed by atoms with E-state index in [0.29, 0.717) is 24.5 Å². The van der Waals surface area contributed by atoms with Gasteiger partial charge in [-0.15, -0.1) is 0 Å². The first-order valence-electron chi connectivity index (χ1n) is 9.32. The maximum Gasteiger partial charge on any atom is 0.347 e. The van der Waals surface area contributed by atoms with Crippen molar-refractivity contribution < 1.29 is 18.7 Å². The fraction of sp³-hybridized carbons (Fsp3) is 0.476. The van der Waals surface area contributed by atoms with E-state index in [-0.39, 0.29) is 17.2 Å². The molecule has 1 aliphatic heterocycles. The molecule has 0 amide bonds. The molecule has 3 heterocycles. The second-order valence-corrected chi connectivity index (χ2v) is 7.47. The summed E-state index contributed by atoms with van der Waals surface area (Å²) >= 11 is 0. The van der Waals surface area contributed by atoms with Crippen molar-refractivity contribution in [3.63, 3.8) is 0 Å². The van der Waals surface area contributed by atoms with Crippen LogP contribution in [0.15, 0.2) is 50.6 Å². The summed E-state index contributed by atoms with van der Waals surface area (Å²) in [5.41, 5.74) is 0.0271. The summed E-state index contributed by atoms with van der Waals surface area (Å²) < 4.78 is 16.6. The minimum Gasteiger partial charge on any atom is -0.507 e. The summed E-state index contributed by atoms with van der Waals surface area (Å²) in [5, 5.41) is 10.7. The third-order valence-electron chi connectivity index (χ3n) is 5.52. The van der Waals surface area contributed by atoms with E-state index in [1.54, 1.807) is 24.9 Å². The average molecular weight is 356 g/mol. The van der Waals surface area contributed by atoms with Crippen molar-refractivity contribution in [1.82, 2.24) is 0 Å². The predicted molar refractivity (Wildman–Crippen MR) is 95.9 cm³/mol. The van der Waals surface area contributed by atoms with Crippen molar-refractivity contribution in [2.75, 3.05) is 0 Å². The van der Waals surface area contributed by atoms with Crippen LogP contribution in [0, 0.1) is 5.92 Å². The molecule has 2 aromatic heterocycles. The number of hydrogen-bond donors (Lipinski definition) is 1. The molecule has 26 heavy (non-hydrogen) atoms. The number of hydrogen-bond acceptors (Lipinski definition) is 5. The first kappa shape index (κ1) is 17.0. The SMILES string of the molecule is CCC(Cc1ccoc1)c1cc(O)c(C2(CC3CC3)CC=CO2)c(=O)o1. The summed E-state index contributed by atoms with van der Waals surface area (Å²) in [6, 6.07) is 3.50. The van der Waals surface area contributed by atoms with E-state index >= 15 is 0 Å². The molecule has 2 unspecified atom stereocenters. The Morgan fingerprint density at radius 2 is 2.23 bits per heavy atom. The molecule has 0 radical (unpaired) electrons. The fourth-order valence-corrected chi connectivity index (χ4v) is 3.91. The average Bonchev–Trinajstić information content (AvgIpc) is 3.08. The van der Waals surface area contributed by atoms with E-state index in [9.17, 15) is 9.90 Å². The van der Waals surface area contributed by atoms with Gasteiger partial charge in [0.1, 0.15) is 22.7 Å². The molecule has 1 fully saturated rings. The minimum atomic E-state index is -0.781. The molecule has 0 bridgehead atoms. The van der Waals surface area contributed by atoms with Crippen LogP contribution in [0.3, 0.4) is 0 Å². The van der Waals surface area contributed by atoms with Gasteiger partial charge in [0.05, 0.1) is 18.8 Å². The molecule has 2 atom stereocenters. The zero-order valence-corrected chi connectivity index (χ0v) is 14.9. The van der Waals surface area contributed by atoms with E-state index in [4.69, 9.17) is 13.6 Å². The van der Waals surface area contributed by atoms with Crippen LogP contribution in [0.2, 0.25) is 0 Å². The molecular weight excluding hydrogens is 332 g/mol. The highest BCUT2D eigenvalue weighted by Crippen LogP contribution is 2.48. The lowest BCUT2D eigenvalue weighted by molar-refractivity contribution is 0.0210. The fourth-order valence-electron chi connectivity index (χ4n) is 3.91. The van der Waals surface area contributed by atoms with Crippen LogP contribution in [0.25, 0.3) is 0 Å². The molecule has 138 valence electrons. The number of ether oxygens (including phenoxy) is 1. The van der Waals surface area contributed by atoms with Gasteiger partial charge >= 0.3 is 5.63 Å². The Balaban J connectivity index is 1.66.